The molecular formula is C36H34N8O3S. The molecule has 11 nitrogen and oxygen atoms in total. The first-order chi connectivity index (χ1) is 23.6. The Kier molecular flexibility index (Phi) is 9.45. The molecule has 242 valence electrons. The second kappa shape index (κ2) is 14.6. The number of benzene rings is 3. The van der Waals surface area contributed by atoms with E-state index in [-0.39, 0.29) is 11.8 Å². The highest BCUT2D eigenvalue weighted by molar-refractivity contribution is 7.15. The van der Waals surface area contributed by atoms with Crippen LogP contribution in [0.2, 0.25) is 0 Å². The number of amides is 2. The standard InChI is InChI=1S/C36H34N8O3S/c45-31(23-25-5-2-1-3-6-25)39-29-8-4-7-27(24-29)32-33(44-19-22-48-36(44)42-32)30-13-14-38-35(41-30)40-28-11-9-26(10-12-28)34(46)37-15-16-43-17-20-47-21-18-43/h1-14,19,22,24H,15-18,20-21,23H2,(H,37,46)(H,39,45)(H,38,40,41). The Balaban J connectivity index is 1.06. The monoisotopic (exact) mass is 658 g/mol. The third-order valence-electron chi connectivity index (χ3n) is 8.01. The van der Waals surface area contributed by atoms with Crippen molar-refractivity contribution >= 4 is 45.4 Å². The maximum Gasteiger partial charge on any atom is 0.251 e. The van der Waals surface area contributed by atoms with E-state index in [9.17, 15) is 9.59 Å². The van der Waals surface area contributed by atoms with E-state index in [0.717, 1.165) is 66.0 Å². The summed E-state index contributed by atoms with van der Waals surface area (Å²) in [5.41, 5.74) is 6.07. The van der Waals surface area contributed by atoms with Gasteiger partial charge in [0.2, 0.25) is 11.9 Å². The van der Waals surface area contributed by atoms with Gasteiger partial charge in [0.25, 0.3) is 5.91 Å². The molecule has 0 aliphatic carbocycles. The van der Waals surface area contributed by atoms with Gasteiger partial charge >= 0.3 is 0 Å². The van der Waals surface area contributed by atoms with Crippen LogP contribution in [0.1, 0.15) is 15.9 Å². The topological polar surface area (TPSA) is 126 Å². The van der Waals surface area contributed by atoms with Crippen LogP contribution >= 0.6 is 11.3 Å². The summed E-state index contributed by atoms with van der Waals surface area (Å²) in [6.45, 7) is 4.64. The van der Waals surface area contributed by atoms with E-state index in [1.807, 2.05) is 88.8 Å². The Morgan fingerprint density at radius 1 is 0.896 bits per heavy atom. The zero-order valence-electron chi connectivity index (χ0n) is 26.1. The van der Waals surface area contributed by atoms with Crippen LogP contribution in [-0.4, -0.2) is 75.5 Å². The Hall–Kier alpha value is -5.43. The van der Waals surface area contributed by atoms with Crippen LogP contribution in [0.3, 0.4) is 0 Å². The van der Waals surface area contributed by atoms with Gasteiger partial charge in [-0.05, 0) is 48.0 Å². The molecule has 3 aromatic carbocycles. The molecule has 6 aromatic rings. The third kappa shape index (κ3) is 7.41. The highest BCUT2D eigenvalue weighted by Gasteiger charge is 2.19. The van der Waals surface area contributed by atoms with Crippen LogP contribution in [0.5, 0.6) is 0 Å². The minimum Gasteiger partial charge on any atom is -0.379 e. The summed E-state index contributed by atoms with van der Waals surface area (Å²) in [7, 11) is 0. The fourth-order valence-electron chi connectivity index (χ4n) is 5.60. The molecule has 0 bridgehead atoms. The predicted octanol–water partition coefficient (Wildman–Crippen LogP) is 5.51. The molecule has 7 rings (SSSR count). The number of hydrogen-bond donors (Lipinski definition) is 3. The summed E-state index contributed by atoms with van der Waals surface area (Å²) in [5.74, 6) is 0.211. The van der Waals surface area contributed by atoms with Gasteiger partial charge in [-0.25, -0.2) is 15.0 Å². The molecular weight excluding hydrogens is 625 g/mol. The summed E-state index contributed by atoms with van der Waals surface area (Å²) in [6, 6.07) is 26.4. The summed E-state index contributed by atoms with van der Waals surface area (Å²) < 4.78 is 7.40. The summed E-state index contributed by atoms with van der Waals surface area (Å²) in [5, 5.41) is 11.3. The molecule has 4 heterocycles. The molecule has 3 aromatic heterocycles. The van der Waals surface area contributed by atoms with Gasteiger partial charge in [0.15, 0.2) is 4.96 Å². The van der Waals surface area contributed by atoms with Crippen LogP contribution in [0, 0.1) is 0 Å². The Morgan fingerprint density at radius 2 is 1.73 bits per heavy atom. The van der Waals surface area contributed by atoms with Gasteiger partial charge in [-0.3, -0.25) is 18.9 Å². The second-order valence-corrected chi connectivity index (χ2v) is 12.2. The number of fused-ring (bicyclic) bond motifs is 1. The van der Waals surface area contributed by atoms with Crippen molar-refractivity contribution in [3.05, 3.63) is 114 Å². The molecule has 1 aliphatic heterocycles. The molecule has 1 aliphatic rings. The predicted molar refractivity (Wildman–Crippen MR) is 188 cm³/mol. The van der Waals surface area contributed by atoms with E-state index in [0.29, 0.717) is 35.9 Å². The van der Waals surface area contributed by atoms with Crippen molar-refractivity contribution in [2.24, 2.45) is 0 Å². The maximum absolute atomic E-state index is 12.8. The smallest absolute Gasteiger partial charge is 0.251 e. The largest absolute Gasteiger partial charge is 0.379 e. The highest BCUT2D eigenvalue weighted by Crippen LogP contribution is 2.35. The zero-order valence-corrected chi connectivity index (χ0v) is 27.0. The number of imidazole rings is 1. The summed E-state index contributed by atoms with van der Waals surface area (Å²) in [4.78, 5) is 42.8. The average molecular weight is 659 g/mol. The second-order valence-electron chi connectivity index (χ2n) is 11.3. The van der Waals surface area contributed by atoms with Crippen molar-refractivity contribution in [1.82, 2.24) is 29.6 Å². The first kappa shape index (κ1) is 31.2. The maximum atomic E-state index is 12.8. The quantitative estimate of drug-likeness (QED) is 0.167. The molecule has 1 saturated heterocycles. The molecule has 1 fully saturated rings. The minimum absolute atomic E-state index is 0.0895. The first-order valence-corrected chi connectivity index (χ1v) is 16.7. The van der Waals surface area contributed by atoms with Crippen LogP contribution in [0.4, 0.5) is 17.3 Å². The lowest BCUT2D eigenvalue weighted by atomic mass is 10.1. The van der Waals surface area contributed by atoms with Crippen LogP contribution in [-0.2, 0) is 16.0 Å². The number of anilines is 3. The Bertz CT molecular complexity index is 2020. The number of ether oxygens (including phenoxy) is 1. The van der Waals surface area contributed by atoms with Crippen molar-refractivity contribution < 1.29 is 14.3 Å². The van der Waals surface area contributed by atoms with E-state index in [1.165, 1.54) is 11.3 Å². The van der Waals surface area contributed by atoms with Gasteiger partial charge in [0.05, 0.1) is 31.0 Å². The average Bonchev–Trinajstić information content (AvgIpc) is 3.72. The van der Waals surface area contributed by atoms with Crippen LogP contribution in [0.15, 0.2) is 103 Å². The number of carbonyl (C=O) groups is 2. The molecule has 0 spiro atoms. The molecule has 12 heteroatoms. The van der Waals surface area contributed by atoms with Crippen molar-refractivity contribution in [3.63, 3.8) is 0 Å². The van der Waals surface area contributed by atoms with Crippen molar-refractivity contribution in [2.75, 3.05) is 50.0 Å². The van der Waals surface area contributed by atoms with E-state index >= 15 is 0 Å². The molecule has 48 heavy (non-hydrogen) atoms. The van der Waals surface area contributed by atoms with Gasteiger partial charge < -0.3 is 20.7 Å². The van der Waals surface area contributed by atoms with Gasteiger partial charge in [0, 0.05) is 66.5 Å². The van der Waals surface area contributed by atoms with Crippen LogP contribution < -0.4 is 16.0 Å². The number of thiazole rings is 1. The van der Waals surface area contributed by atoms with E-state index in [4.69, 9.17) is 14.7 Å². The van der Waals surface area contributed by atoms with Crippen molar-refractivity contribution in [3.8, 4) is 22.6 Å². The normalized spacial score (nSPS) is 13.3. The number of nitrogens with zero attached hydrogens (tertiary/aromatic N) is 5. The van der Waals surface area contributed by atoms with E-state index in [1.54, 1.807) is 18.3 Å². The molecule has 2 amide bonds. The number of morpholine rings is 1. The van der Waals surface area contributed by atoms with Gasteiger partial charge in [-0.2, -0.15) is 0 Å². The summed E-state index contributed by atoms with van der Waals surface area (Å²) >= 11 is 1.53. The lowest BCUT2D eigenvalue weighted by Crippen LogP contribution is -2.41. The van der Waals surface area contributed by atoms with E-state index < -0.39 is 0 Å². The van der Waals surface area contributed by atoms with Gasteiger partial charge in [0.1, 0.15) is 5.69 Å². The Labute approximate surface area is 281 Å². The SMILES string of the molecule is O=C(Cc1ccccc1)Nc1cccc(-c2nc3sccn3c2-c2ccnc(Nc3ccc(C(=O)NCCN4CCOCC4)cc3)n2)c1. The molecule has 0 radical (unpaired) electrons. The lowest BCUT2D eigenvalue weighted by Gasteiger charge is -2.26. The third-order valence-corrected chi connectivity index (χ3v) is 8.76. The summed E-state index contributed by atoms with van der Waals surface area (Å²) in [6.07, 6.45) is 3.96. The number of carbonyl (C=O) groups excluding carboxylic acids is 2. The van der Waals surface area contributed by atoms with E-state index in [2.05, 4.69) is 25.8 Å². The zero-order chi connectivity index (χ0) is 32.7. The van der Waals surface area contributed by atoms with Gasteiger partial charge in [-0.1, -0.05) is 42.5 Å². The molecule has 0 unspecified atom stereocenters. The van der Waals surface area contributed by atoms with Crippen LogP contribution in [0.25, 0.3) is 27.6 Å². The highest BCUT2D eigenvalue weighted by atomic mass is 32.1. The number of nitrogens with one attached hydrogen (secondary N) is 3. The van der Waals surface area contributed by atoms with Gasteiger partial charge in [-0.15, -0.1) is 11.3 Å². The number of aromatic nitrogens is 4. The lowest BCUT2D eigenvalue weighted by molar-refractivity contribution is -0.115. The minimum atomic E-state index is -0.110. The van der Waals surface area contributed by atoms with Crippen molar-refractivity contribution in [2.45, 2.75) is 6.42 Å². The van der Waals surface area contributed by atoms with Crippen molar-refractivity contribution in [1.29, 1.82) is 0 Å². The molecule has 0 saturated carbocycles. The number of hydrogen-bond acceptors (Lipinski definition) is 9. The molecule has 3 N–H and O–H groups in total. The first-order valence-electron chi connectivity index (χ1n) is 15.8. The Morgan fingerprint density at radius 3 is 2.56 bits per heavy atom. The fourth-order valence-corrected chi connectivity index (χ4v) is 6.32. The number of rotatable bonds is 11. The fraction of sp³-hybridized carbons (Fsp3) is 0.194. The molecule has 0 atom stereocenters.